The van der Waals surface area contributed by atoms with Crippen LogP contribution in [0.5, 0.6) is 0 Å². The number of nitriles is 1. The molecule has 7 nitrogen and oxygen atoms in total. The minimum absolute atomic E-state index is 0.0125. The van der Waals surface area contributed by atoms with E-state index < -0.39 is 35.3 Å². The molecule has 0 radical (unpaired) electrons. The smallest absolute Gasteiger partial charge is 0.246 e. The van der Waals surface area contributed by atoms with Crippen LogP contribution < -0.4 is 10.6 Å². The van der Waals surface area contributed by atoms with E-state index in [9.17, 15) is 18.8 Å². The molecule has 0 aromatic heterocycles. The number of allylic oxidation sites excluding steroid dienone is 1. The van der Waals surface area contributed by atoms with Gasteiger partial charge in [0, 0.05) is 19.4 Å². The van der Waals surface area contributed by atoms with Crippen molar-refractivity contribution in [1.29, 1.82) is 5.26 Å². The van der Waals surface area contributed by atoms with Gasteiger partial charge in [0.2, 0.25) is 17.7 Å². The van der Waals surface area contributed by atoms with Crippen LogP contribution >= 0.6 is 0 Å². The summed E-state index contributed by atoms with van der Waals surface area (Å²) >= 11 is 0. The van der Waals surface area contributed by atoms with E-state index in [1.165, 1.54) is 0 Å². The Bertz CT molecular complexity index is 780. The first-order chi connectivity index (χ1) is 13.7. The zero-order chi connectivity index (χ0) is 23.0. The zero-order valence-electron chi connectivity index (χ0n) is 18.7. The molecule has 3 amide bonds. The molecular weight excluding hydrogens is 387 g/mol. The van der Waals surface area contributed by atoms with Crippen molar-refractivity contribution in [3.05, 3.63) is 12.4 Å². The van der Waals surface area contributed by atoms with Crippen LogP contribution in [0, 0.1) is 34.0 Å². The van der Waals surface area contributed by atoms with Crippen molar-refractivity contribution in [2.75, 3.05) is 6.54 Å². The van der Waals surface area contributed by atoms with Gasteiger partial charge in [-0.05, 0) is 29.6 Å². The molecule has 2 N–H and O–H groups in total. The molecule has 5 atom stereocenters. The van der Waals surface area contributed by atoms with Crippen molar-refractivity contribution in [2.24, 2.45) is 22.7 Å². The fourth-order valence-corrected chi connectivity index (χ4v) is 4.44. The molecule has 30 heavy (non-hydrogen) atoms. The molecule has 0 spiro atoms. The highest BCUT2D eigenvalue weighted by Crippen LogP contribution is 2.65. The number of nitrogens with one attached hydrogen (secondary N) is 2. The van der Waals surface area contributed by atoms with E-state index in [1.54, 1.807) is 11.8 Å². The quantitative estimate of drug-likeness (QED) is 0.660. The van der Waals surface area contributed by atoms with Gasteiger partial charge in [0.15, 0.2) is 0 Å². The average Bonchev–Trinajstić information content (AvgIpc) is 2.98. The molecule has 1 aliphatic carbocycles. The van der Waals surface area contributed by atoms with Crippen molar-refractivity contribution in [3.63, 3.8) is 0 Å². The Morgan fingerprint density at radius 1 is 1.27 bits per heavy atom. The number of carbonyl (C=O) groups excluding carboxylic acids is 3. The van der Waals surface area contributed by atoms with E-state index >= 15 is 0 Å². The van der Waals surface area contributed by atoms with E-state index in [-0.39, 0.29) is 41.9 Å². The lowest BCUT2D eigenvalue weighted by Gasteiger charge is -2.37. The van der Waals surface area contributed by atoms with Gasteiger partial charge < -0.3 is 15.5 Å². The van der Waals surface area contributed by atoms with Crippen molar-refractivity contribution in [2.45, 2.75) is 72.5 Å². The van der Waals surface area contributed by atoms with Crippen LogP contribution in [-0.4, -0.2) is 47.3 Å². The van der Waals surface area contributed by atoms with Crippen molar-refractivity contribution < 1.29 is 18.8 Å². The fourth-order valence-electron chi connectivity index (χ4n) is 4.44. The SMILES string of the molecule is C=C(F)CCC(=O)N[C@H](C(=O)N1CC2[C@@H]([C@H]1C(=O)N[C@@H](C)C#N)C2(C)C)C(C)(C)C. The summed E-state index contributed by atoms with van der Waals surface area (Å²) in [4.78, 5) is 40.3. The highest BCUT2D eigenvalue weighted by atomic mass is 19.1. The Morgan fingerprint density at radius 2 is 1.87 bits per heavy atom. The van der Waals surface area contributed by atoms with E-state index in [0.717, 1.165) is 0 Å². The molecule has 166 valence electrons. The Hall–Kier alpha value is -2.43. The third kappa shape index (κ3) is 4.82. The summed E-state index contributed by atoms with van der Waals surface area (Å²) in [7, 11) is 0. The van der Waals surface area contributed by atoms with Gasteiger partial charge in [0.1, 0.15) is 18.1 Å². The number of nitrogens with zero attached hydrogens (tertiary/aromatic N) is 2. The maximum absolute atomic E-state index is 13.5. The number of piperidine rings is 1. The third-order valence-corrected chi connectivity index (χ3v) is 6.35. The van der Waals surface area contributed by atoms with Crippen LogP contribution in [0.1, 0.15) is 54.4 Å². The predicted octanol–water partition coefficient (Wildman–Crippen LogP) is 2.29. The Morgan fingerprint density at radius 3 is 2.37 bits per heavy atom. The molecule has 2 aliphatic rings. The summed E-state index contributed by atoms with van der Waals surface area (Å²) in [5.41, 5.74) is -0.667. The lowest BCUT2D eigenvalue weighted by Crippen LogP contribution is -2.59. The first kappa shape index (κ1) is 23.8. The van der Waals surface area contributed by atoms with Gasteiger partial charge in [-0.1, -0.05) is 41.2 Å². The summed E-state index contributed by atoms with van der Waals surface area (Å²) in [6.07, 6.45) is -0.201. The summed E-state index contributed by atoms with van der Waals surface area (Å²) in [5, 5.41) is 14.4. The first-order valence-corrected chi connectivity index (χ1v) is 10.3. The predicted molar refractivity (Wildman–Crippen MR) is 110 cm³/mol. The van der Waals surface area contributed by atoms with Crippen LogP contribution in [-0.2, 0) is 14.4 Å². The minimum atomic E-state index is -0.859. The minimum Gasteiger partial charge on any atom is -0.344 e. The molecule has 1 heterocycles. The number of fused-ring (bicyclic) bond motifs is 1. The molecule has 8 heteroatoms. The van der Waals surface area contributed by atoms with Crippen LogP contribution in [0.25, 0.3) is 0 Å². The van der Waals surface area contributed by atoms with Crippen LogP contribution in [0.3, 0.4) is 0 Å². The van der Waals surface area contributed by atoms with E-state index in [2.05, 4.69) is 31.1 Å². The van der Waals surface area contributed by atoms with Gasteiger partial charge in [-0.3, -0.25) is 14.4 Å². The van der Waals surface area contributed by atoms with Gasteiger partial charge in [-0.25, -0.2) is 4.39 Å². The number of halogens is 1. The summed E-state index contributed by atoms with van der Waals surface area (Å²) < 4.78 is 12.9. The maximum Gasteiger partial charge on any atom is 0.246 e. The molecule has 2 fully saturated rings. The lowest BCUT2D eigenvalue weighted by atomic mass is 9.85. The molecule has 0 aromatic carbocycles. The third-order valence-electron chi connectivity index (χ3n) is 6.35. The Kier molecular flexibility index (Phi) is 6.65. The highest BCUT2D eigenvalue weighted by molar-refractivity contribution is 5.94. The summed E-state index contributed by atoms with van der Waals surface area (Å²) in [6, 6.07) is -0.225. The normalized spacial score (nSPS) is 26.1. The molecule has 1 aliphatic heterocycles. The summed E-state index contributed by atoms with van der Waals surface area (Å²) in [5.74, 6) is -1.50. The largest absolute Gasteiger partial charge is 0.344 e. The van der Waals surface area contributed by atoms with Gasteiger partial charge in [-0.2, -0.15) is 5.26 Å². The molecule has 0 bridgehead atoms. The fraction of sp³-hybridized carbons (Fsp3) is 0.727. The second-order valence-electron chi connectivity index (χ2n) is 10.1. The number of carbonyl (C=O) groups is 3. The van der Waals surface area contributed by atoms with Gasteiger partial charge in [0.25, 0.3) is 0 Å². The van der Waals surface area contributed by atoms with Crippen molar-refractivity contribution >= 4 is 17.7 Å². The number of amides is 3. The molecule has 1 saturated heterocycles. The number of hydrogen-bond donors (Lipinski definition) is 2. The molecule has 2 rings (SSSR count). The van der Waals surface area contributed by atoms with E-state index in [4.69, 9.17) is 5.26 Å². The van der Waals surface area contributed by atoms with Gasteiger partial charge >= 0.3 is 0 Å². The monoisotopic (exact) mass is 420 g/mol. The molecular formula is C22H33FN4O3. The average molecular weight is 421 g/mol. The Labute approximate surface area is 178 Å². The molecule has 0 aromatic rings. The van der Waals surface area contributed by atoms with Crippen LogP contribution in [0.2, 0.25) is 0 Å². The standard InChI is InChI=1S/C22H33FN4O3/c1-12(23)8-9-15(28)26-18(21(3,4)5)20(30)27-11-14-16(22(14,6)7)17(27)19(29)25-13(2)10-24/h13-14,16-18H,1,8-9,11H2,2-7H3,(H,25,29)(H,26,28)/t13-,14?,16-,17-,18+/m0/s1. The molecule has 1 saturated carbocycles. The van der Waals surface area contributed by atoms with Gasteiger partial charge in [-0.15, -0.1) is 0 Å². The lowest BCUT2D eigenvalue weighted by molar-refractivity contribution is -0.145. The number of likely N-dealkylation sites (tertiary alicyclic amines) is 1. The maximum atomic E-state index is 13.5. The molecule has 1 unspecified atom stereocenters. The van der Waals surface area contributed by atoms with Crippen LogP contribution in [0.4, 0.5) is 4.39 Å². The highest BCUT2D eigenvalue weighted by Gasteiger charge is 2.69. The number of rotatable bonds is 7. The van der Waals surface area contributed by atoms with Crippen molar-refractivity contribution in [1.82, 2.24) is 15.5 Å². The summed E-state index contributed by atoms with van der Waals surface area (Å²) in [6.45, 7) is 14.8. The van der Waals surface area contributed by atoms with E-state index in [1.807, 2.05) is 26.8 Å². The first-order valence-electron chi connectivity index (χ1n) is 10.3. The zero-order valence-corrected chi connectivity index (χ0v) is 18.7. The topological polar surface area (TPSA) is 102 Å². The number of hydrogen-bond acceptors (Lipinski definition) is 4. The second kappa shape index (κ2) is 8.37. The second-order valence-corrected chi connectivity index (χ2v) is 10.1. The van der Waals surface area contributed by atoms with Crippen LogP contribution in [0.15, 0.2) is 12.4 Å². The Balaban J connectivity index is 2.23. The van der Waals surface area contributed by atoms with E-state index in [0.29, 0.717) is 6.54 Å². The van der Waals surface area contributed by atoms with Crippen molar-refractivity contribution in [3.8, 4) is 6.07 Å². The van der Waals surface area contributed by atoms with Gasteiger partial charge in [0.05, 0.1) is 11.9 Å².